The molecular formula is C24H25N3O4. The van der Waals surface area contributed by atoms with Gasteiger partial charge in [0.15, 0.2) is 0 Å². The van der Waals surface area contributed by atoms with Crippen molar-refractivity contribution in [3.63, 3.8) is 0 Å². The minimum Gasteiger partial charge on any atom is -0.494 e. The molecule has 2 amide bonds. The summed E-state index contributed by atoms with van der Waals surface area (Å²) in [5.74, 6) is 0.325. The number of carbonyl (C=O) groups excluding carboxylic acids is 2. The van der Waals surface area contributed by atoms with E-state index in [1.165, 1.54) is 6.20 Å². The molecule has 2 aromatic carbocycles. The molecule has 1 aliphatic heterocycles. The second-order valence-electron chi connectivity index (χ2n) is 7.57. The molecule has 7 nitrogen and oxygen atoms in total. The molecule has 3 aromatic rings. The Kier molecular flexibility index (Phi) is 6.02. The molecule has 1 fully saturated rings. The van der Waals surface area contributed by atoms with Crippen molar-refractivity contribution in [1.82, 2.24) is 15.2 Å². The number of amides is 2. The summed E-state index contributed by atoms with van der Waals surface area (Å²) in [6, 6.07) is 14.2. The first-order chi connectivity index (χ1) is 15.1. The maximum Gasteiger partial charge on any atom is 0.256 e. The van der Waals surface area contributed by atoms with E-state index in [1.54, 1.807) is 47.4 Å². The van der Waals surface area contributed by atoms with Crippen molar-refractivity contribution in [1.29, 1.82) is 0 Å². The van der Waals surface area contributed by atoms with E-state index >= 15 is 0 Å². The molecule has 0 unspecified atom stereocenters. The topological polar surface area (TPSA) is 91.5 Å². The third-order valence-corrected chi connectivity index (χ3v) is 5.56. The number of fused-ring (bicyclic) bond motifs is 1. The van der Waals surface area contributed by atoms with E-state index in [1.807, 2.05) is 13.0 Å². The van der Waals surface area contributed by atoms with Crippen LogP contribution in [0.4, 0.5) is 0 Å². The Bertz CT molecular complexity index is 1150. The fourth-order valence-corrected chi connectivity index (χ4v) is 3.87. The Morgan fingerprint density at radius 2 is 1.81 bits per heavy atom. The molecule has 2 heterocycles. The van der Waals surface area contributed by atoms with Gasteiger partial charge in [0.2, 0.25) is 5.43 Å². The lowest BCUT2D eigenvalue weighted by molar-refractivity contribution is 0.0698. The summed E-state index contributed by atoms with van der Waals surface area (Å²) < 4.78 is 5.42. The zero-order chi connectivity index (χ0) is 21.8. The number of aromatic nitrogens is 1. The van der Waals surface area contributed by atoms with Gasteiger partial charge in [-0.2, -0.15) is 0 Å². The van der Waals surface area contributed by atoms with Gasteiger partial charge in [0.05, 0.1) is 6.61 Å². The van der Waals surface area contributed by atoms with Gasteiger partial charge in [0.25, 0.3) is 11.8 Å². The molecule has 160 valence electrons. The van der Waals surface area contributed by atoms with Crippen LogP contribution in [-0.2, 0) is 0 Å². The van der Waals surface area contributed by atoms with Crippen molar-refractivity contribution in [2.45, 2.75) is 25.8 Å². The van der Waals surface area contributed by atoms with Crippen molar-refractivity contribution in [3.05, 3.63) is 76.1 Å². The summed E-state index contributed by atoms with van der Waals surface area (Å²) in [4.78, 5) is 42.8. The SMILES string of the molecule is CCOc1ccc(C(=O)N2CCC(NC(=O)c3c[nH]c4ccccc4c3=O)CC2)cc1. The highest BCUT2D eigenvalue weighted by molar-refractivity contribution is 5.97. The van der Waals surface area contributed by atoms with Crippen molar-refractivity contribution in [3.8, 4) is 5.75 Å². The average Bonchev–Trinajstić information content (AvgIpc) is 2.80. The van der Waals surface area contributed by atoms with Crippen molar-refractivity contribution < 1.29 is 14.3 Å². The monoisotopic (exact) mass is 419 g/mol. The first kappa shape index (κ1) is 20.7. The standard InChI is InChI=1S/C24H25N3O4/c1-2-31-18-9-7-16(8-10-18)24(30)27-13-11-17(12-14-27)26-23(29)20-15-25-21-6-4-3-5-19(21)22(20)28/h3-10,15,17H,2,11-14H2,1H3,(H,25,28)(H,26,29). The smallest absolute Gasteiger partial charge is 0.256 e. The van der Waals surface area contributed by atoms with Gasteiger partial charge in [-0.1, -0.05) is 12.1 Å². The number of para-hydroxylation sites is 1. The summed E-state index contributed by atoms with van der Waals surface area (Å²) >= 11 is 0. The van der Waals surface area contributed by atoms with E-state index in [0.717, 1.165) is 5.75 Å². The minimum atomic E-state index is -0.386. The van der Waals surface area contributed by atoms with Crippen molar-refractivity contribution >= 4 is 22.7 Å². The third kappa shape index (κ3) is 4.45. The maximum absolute atomic E-state index is 12.7. The minimum absolute atomic E-state index is 0.0289. The first-order valence-electron chi connectivity index (χ1n) is 10.5. The number of carbonyl (C=O) groups is 2. The number of H-pyrrole nitrogens is 1. The molecule has 1 aromatic heterocycles. The number of ether oxygens (including phenoxy) is 1. The van der Waals surface area contributed by atoms with Gasteiger partial charge in [0, 0.05) is 41.8 Å². The average molecular weight is 419 g/mol. The number of likely N-dealkylation sites (tertiary alicyclic amines) is 1. The summed E-state index contributed by atoms with van der Waals surface area (Å²) in [5, 5.41) is 3.44. The molecule has 0 radical (unpaired) electrons. The van der Waals surface area contributed by atoms with Gasteiger partial charge in [-0.3, -0.25) is 14.4 Å². The van der Waals surface area contributed by atoms with E-state index in [9.17, 15) is 14.4 Å². The van der Waals surface area contributed by atoms with Crippen LogP contribution in [0.5, 0.6) is 5.75 Å². The molecule has 0 aliphatic carbocycles. The lowest BCUT2D eigenvalue weighted by atomic mass is 10.0. The number of nitrogens with zero attached hydrogens (tertiary/aromatic N) is 1. The highest BCUT2D eigenvalue weighted by Crippen LogP contribution is 2.17. The third-order valence-electron chi connectivity index (χ3n) is 5.56. The fraction of sp³-hybridized carbons (Fsp3) is 0.292. The van der Waals surface area contributed by atoms with E-state index in [-0.39, 0.29) is 28.8 Å². The van der Waals surface area contributed by atoms with Gasteiger partial charge < -0.3 is 19.9 Å². The number of hydrogen-bond acceptors (Lipinski definition) is 4. The Balaban J connectivity index is 1.36. The van der Waals surface area contributed by atoms with E-state index in [2.05, 4.69) is 10.3 Å². The molecule has 4 rings (SSSR count). The number of rotatable bonds is 5. The summed E-state index contributed by atoms with van der Waals surface area (Å²) in [6.45, 7) is 3.59. The van der Waals surface area contributed by atoms with Crippen LogP contribution in [0.15, 0.2) is 59.5 Å². The second kappa shape index (κ2) is 9.04. The molecule has 0 bridgehead atoms. The van der Waals surface area contributed by atoms with Crippen molar-refractivity contribution in [2.75, 3.05) is 19.7 Å². The van der Waals surface area contributed by atoms with Gasteiger partial charge in [-0.25, -0.2) is 0 Å². The molecule has 31 heavy (non-hydrogen) atoms. The predicted molar refractivity (Wildman–Crippen MR) is 119 cm³/mol. The Morgan fingerprint density at radius 3 is 2.52 bits per heavy atom. The number of piperidine rings is 1. The highest BCUT2D eigenvalue weighted by atomic mass is 16.5. The summed E-state index contributed by atoms with van der Waals surface area (Å²) in [5.41, 5.74) is 1.14. The fourth-order valence-electron chi connectivity index (χ4n) is 3.87. The van der Waals surface area contributed by atoms with Gasteiger partial charge in [0.1, 0.15) is 11.3 Å². The lowest BCUT2D eigenvalue weighted by Gasteiger charge is -2.32. The number of hydrogen-bond donors (Lipinski definition) is 2. The number of nitrogens with one attached hydrogen (secondary N) is 2. The molecule has 0 spiro atoms. The number of benzene rings is 2. The highest BCUT2D eigenvalue weighted by Gasteiger charge is 2.25. The molecule has 0 saturated carbocycles. The van der Waals surface area contributed by atoms with Gasteiger partial charge in [-0.15, -0.1) is 0 Å². The van der Waals surface area contributed by atoms with Crippen molar-refractivity contribution in [2.24, 2.45) is 0 Å². The van der Waals surface area contributed by atoms with Crippen LogP contribution < -0.4 is 15.5 Å². The predicted octanol–water partition coefficient (Wildman–Crippen LogP) is 2.96. The van der Waals surface area contributed by atoms with E-state index < -0.39 is 0 Å². The molecule has 1 saturated heterocycles. The molecule has 2 N–H and O–H groups in total. The van der Waals surface area contributed by atoms with Crippen LogP contribution in [0.2, 0.25) is 0 Å². The van der Waals surface area contributed by atoms with Crippen LogP contribution in [-0.4, -0.2) is 47.4 Å². The normalized spacial score (nSPS) is 14.4. The largest absolute Gasteiger partial charge is 0.494 e. The van der Waals surface area contributed by atoms with Gasteiger partial charge >= 0.3 is 0 Å². The Hall–Kier alpha value is -3.61. The van der Waals surface area contributed by atoms with Crippen LogP contribution in [0.3, 0.4) is 0 Å². The Morgan fingerprint density at radius 1 is 1.10 bits per heavy atom. The quantitative estimate of drug-likeness (QED) is 0.665. The van der Waals surface area contributed by atoms with Crippen LogP contribution in [0.1, 0.15) is 40.5 Å². The molecular weight excluding hydrogens is 394 g/mol. The number of aromatic amines is 1. The molecule has 0 atom stereocenters. The van der Waals surface area contributed by atoms with Gasteiger partial charge in [-0.05, 0) is 56.2 Å². The summed E-state index contributed by atoms with van der Waals surface area (Å²) in [7, 11) is 0. The zero-order valence-corrected chi connectivity index (χ0v) is 17.4. The zero-order valence-electron chi connectivity index (χ0n) is 17.4. The number of pyridine rings is 1. The molecule has 1 aliphatic rings. The van der Waals surface area contributed by atoms with Crippen LogP contribution in [0, 0.1) is 0 Å². The van der Waals surface area contributed by atoms with Crippen LogP contribution >= 0.6 is 0 Å². The summed E-state index contributed by atoms with van der Waals surface area (Å²) in [6.07, 6.45) is 2.74. The maximum atomic E-state index is 12.7. The van der Waals surface area contributed by atoms with Crippen LogP contribution in [0.25, 0.3) is 10.9 Å². The first-order valence-corrected chi connectivity index (χ1v) is 10.5. The lowest BCUT2D eigenvalue weighted by Crippen LogP contribution is -2.47. The van der Waals surface area contributed by atoms with E-state index in [0.29, 0.717) is 49.0 Å². The second-order valence-corrected chi connectivity index (χ2v) is 7.57. The van der Waals surface area contributed by atoms with E-state index in [4.69, 9.17) is 4.74 Å². The molecule has 7 heteroatoms. The Labute approximate surface area is 180 Å².